The maximum atomic E-state index is 5.91. The normalized spacial score (nSPS) is 20.5. The van der Waals surface area contributed by atoms with Crippen LogP contribution >= 0.6 is 24.0 Å². The van der Waals surface area contributed by atoms with Gasteiger partial charge in [0.15, 0.2) is 0 Å². The van der Waals surface area contributed by atoms with E-state index >= 15 is 0 Å². The lowest BCUT2D eigenvalue weighted by Crippen LogP contribution is -2.10. The van der Waals surface area contributed by atoms with Crippen molar-refractivity contribution in [1.29, 1.82) is 0 Å². The highest BCUT2D eigenvalue weighted by Crippen LogP contribution is 2.17. The van der Waals surface area contributed by atoms with Gasteiger partial charge in [-0.3, -0.25) is 0 Å². The van der Waals surface area contributed by atoms with E-state index in [9.17, 15) is 0 Å². The van der Waals surface area contributed by atoms with E-state index in [0.717, 1.165) is 23.9 Å². The fourth-order valence-corrected chi connectivity index (χ4v) is 2.10. The molecule has 1 heterocycles. The standard InChI is InChI=1S/C11H14ClN.ClH/c12-11-3-1-2-9(7-11)6-10-4-5-13-8-10;/h1-3,7,10,13H,4-6,8H2;1H. The quantitative estimate of drug-likeness (QED) is 0.826. The molecule has 1 fully saturated rings. The molecular weight excluding hydrogens is 217 g/mol. The lowest BCUT2D eigenvalue weighted by atomic mass is 9.99. The summed E-state index contributed by atoms with van der Waals surface area (Å²) in [5, 5.41) is 4.22. The Morgan fingerprint density at radius 3 is 2.93 bits per heavy atom. The number of hydrogen-bond donors (Lipinski definition) is 1. The first-order chi connectivity index (χ1) is 6.34. The number of nitrogens with one attached hydrogen (secondary N) is 1. The Balaban J connectivity index is 0.000000980. The molecule has 78 valence electrons. The van der Waals surface area contributed by atoms with E-state index < -0.39 is 0 Å². The first-order valence-electron chi connectivity index (χ1n) is 4.80. The minimum Gasteiger partial charge on any atom is -0.316 e. The molecule has 14 heavy (non-hydrogen) atoms. The molecule has 1 aliphatic rings. The van der Waals surface area contributed by atoms with Gasteiger partial charge in [-0.2, -0.15) is 0 Å². The number of halogens is 2. The van der Waals surface area contributed by atoms with E-state index in [1.54, 1.807) is 0 Å². The molecule has 1 aromatic rings. The fourth-order valence-electron chi connectivity index (χ4n) is 1.89. The van der Waals surface area contributed by atoms with Gasteiger partial charge in [-0.1, -0.05) is 23.7 Å². The summed E-state index contributed by atoms with van der Waals surface area (Å²) in [7, 11) is 0. The molecule has 0 radical (unpaired) electrons. The van der Waals surface area contributed by atoms with Crippen molar-refractivity contribution in [2.24, 2.45) is 5.92 Å². The molecule has 0 amide bonds. The van der Waals surface area contributed by atoms with E-state index in [-0.39, 0.29) is 12.4 Å². The first-order valence-corrected chi connectivity index (χ1v) is 5.17. The van der Waals surface area contributed by atoms with Gasteiger partial charge in [-0.25, -0.2) is 0 Å². The van der Waals surface area contributed by atoms with Crippen LogP contribution in [0.15, 0.2) is 24.3 Å². The van der Waals surface area contributed by atoms with Crippen LogP contribution in [0.2, 0.25) is 5.02 Å². The molecule has 1 nitrogen and oxygen atoms in total. The molecule has 0 bridgehead atoms. The lowest BCUT2D eigenvalue weighted by Gasteiger charge is -2.07. The van der Waals surface area contributed by atoms with Gasteiger partial charge < -0.3 is 5.32 Å². The molecule has 1 unspecified atom stereocenters. The predicted molar refractivity (Wildman–Crippen MR) is 63.4 cm³/mol. The first kappa shape index (κ1) is 11.8. The third-order valence-electron chi connectivity index (χ3n) is 2.58. The van der Waals surface area contributed by atoms with Crippen molar-refractivity contribution >= 4 is 24.0 Å². The average Bonchev–Trinajstić information content (AvgIpc) is 2.57. The van der Waals surface area contributed by atoms with Crippen molar-refractivity contribution < 1.29 is 0 Å². The Hall–Kier alpha value is -0.240. The van der Waals surface area contributed by atoms with Crippen molar-refractivity contribution in [3.05, 3.63) is 34.9 Å². The van der Waals surface area contributed by atoms with Crippen molar-refractivity contribution in [2.45, 2.75) is 12.8 Å². The van der Waals surface area contributed by atoms with E-state index in [1.165, 1.54) is 18.5 Å². The van der Waals surface area contributed by atoms with Crippen molar-refractivity contribution in [3.8, 4) is 0 Å². The molecule has 1 saturated heterocycles. The topological polar surface area (TPSA) is 12.0 Å². The van der Waals surface area contributed by atoms with Gasteiger partial charge in [-0.15, -0.1) is 12.4 Å². The second-order valence-corrected chi connectivity index (χ2v) is 4.13. The molecule has 1 atom stereocenters. The molecule has 0 spiro atoms. The highest BCUT2D eigenvalue weighted by molar-refractivity contribution is 6.30. The molecule has 1 aliphatic heterocycles. The molecule has 0 aromatic heterocycles. The zero-order valence-corrected chi connectivity index (χ0v) is 9.57. The molecule has 2 rings (SSSR count). The minimum absolute atomic E-state index is 0. The molecule has 1 N–H and O–H groups in total. The van der Waals surface area contributed by atoms with Crippen molar-refractivity contribution in [3.63, 3.8) is 0 Å². The summed E-state index contributed by atoms with van der Waals surface area (Å²) in [4.78, 5) is 0. The number of benzene rings is 1. The van der Waals surface area contributed by atoms with Crippen molar-refractivity contribution in [1.82, 2.24) is 5.32 Å². The summed E-state index contributed by atoms with van der Waals surface area (Å²) in [6.07, 6.45) is 2.46. The number of rotatable bonds is 2. The summed E-state index contributed by atoms with van der Waals surface area (Å²) in [6, 6.07) is 8.18. The molecule has 0 aliphatic carbocycles. The van der Waals surface area contributed by atoms with Gasteiger partial charge in [0.25, 0.3) is 0 Å². The van der Waals surface area contributed by atoms with Crippen LogP contribution in [-0.2, 0) is 6.42 Å². The summed E-state index contributed by atoms with van der Waals surface area (Å²) < 4.78 is 0. The highest BCUT2D eigenvalue weighted by atomic mass is 35.5. The molecule has 1 aromatic carbocycles. The smallest absolute Gasteiger partial charge is 0.0408 e. The Morgan fingerprint density at radius 1 is 1.43 bits per heavy atom. The minimum atomic E-state index is 0. The largest absolute Gasteiger partial charge is 0.316 e. The predicted octanol–water partition coefficient (Wildman–Crippen LogP) is 2.91. The van der Waals surface area contributed by atoms with Crippen LogP contribution in [0.3, 0.4) is 0 Å². The Morgan fingerprint density at radius 2 is 2.29 bits per heavy atom. The Labute approximate surface area is 96.3 Å². The second-order valence-electron chi connectivity index (χ2n) is 3.69. The van der Waals surface area contributed by atoms with Gasteiger partial charge in [0.1, 0.15) is 0 Å². The van der Waals surface area contributed by atoms with E-state index in [0.29, 0.717) is 0 Å². The zero-order chi connectivity index (χ0) is 9.10. The van der Waals surface area contributed by atoms with Crippen LogP contribution < -0.4 is 5.32 Å². The van der Waals surface area contributed by atoms with Crippen molar-refractivity contribution in [2.75, 3.05) is 13.1 Å². The maximum absolute atomic E-state index is 5.91. The summed E-state index contributed by atoms with van der Waals surface area (Å²) in [5.74, 6) is 0.804. The second kappa shape index (κ2) is 5.59. The highest BCUT2D eigenvalue weighted by Gasteiger charge is 2.14. The van der Waals surface area contributed by atoms with Gasteiger partial charge in [-0.05, 0) is 49.5 Å². The van der Waals surface area contributed by atoms with Gasteiger partial charge in [0.05, 0.1) is 0 Å². The van der Waals surface area contributed by atoms with E-state index in [4.69, 9.17) is 11.6 Å². The number of hydrogen-bond acceptors (Lipinski definition) is 1. The van der Waals surface area contributed by atoms with E-state index in [2.05, 4.69) is 17.4 Å². The van der Waals surface area contributed by atoms with Crippen LogP contribution in [0, 0.1) is 5.92 Å². The summed E-state index contributed by atoms with van der Waals surface area (Å²) in [6.45, 7) is 2.33. The summed E-state index contributed by atoms with van der Waals surface area (Å²) in [5.41, 5.74) is 1.36. The monoisotopic (exact) mass is 231 g/mol. The Kier molecular flexibility index (Phi) is 4.73. The van der Waals surface area contributed by atoms with Crippen LogP contribution in [0.5, 0.6) is 0 Å². The van der Waals surface area contributed by atoms with Crippen LogP contribution in [-0.4, -0.2) is 13.1 Å². The zero-order valence-electron chi connectivity index (χ0n) is 8.00. The van der Waals surface area contributed by atoms with Crippen LogP contribution in [0.4, 0.5) is 0 Å². The molecule has 3 heteroatoms. The van der Waals surface area contributed by atoms with Crippen LogP contribution in [0.1, 0.15) is 12.0 Å². The molecular formula is C11H15Cl2N. The van der Waals surface area contributed by atoms with Gasteiger partial charge >= 0.3 is 0 Å². The van der Waals surface area contributed by atoms with E-state index in [1.807, 2.05) is 12.1 Å². The molecule has 0 saturated carbocycles. The third-order valence-corrected chi connectivity index (χ3v) is 2.81. The SMILES string of the molecule is Cl.Clc1cccc(CC2CCNC2)c1. The lowest BCUT2D eigenvalue weighted by molar-refractivity contribution is 0.580. The maximum Gasteiger partial charge on any atom is 0.0408 e. The summed E-state index contributed by atoms with van der Waals surface area (Å²) >= 11 is 5.91. The Bertz CT molecular complexity index is 282. The average molecular weight is 232 g/mol. The fraction of sp³-hybridized carbons (Fsp3) is 0.455. The van der Waals surface area contributed by atoms with Gasteiger partial charge in [0.2, 0.25) is 0 Å². The van der Waals surface area contributed by atoms with Gasteiger partial charge in [0, 0.05) is 5.02 Å². The van der Waals surface area contributed by atoms with Crippen LogP contribution in [0.25, 0.3) is 0 Å². The third kappa shape index (κ3) is 3.16.